The Morgan fingerprint density at radius 3 is 2.51 bits per heavy atom. The molecule has 2 saturated heterocycles. The molecular weight excluding hydrogens is 548 g/mol. The second-order valence-corrected chi connectivity index (χ2v) is 10.7. The molecule has 2 aliphatic rings. The van der Waals surface area contributed by atoms with Crippen molar-refractivity contribution in [3.63, 3.8) is 0 Å². The van der Waals surface area contributed by atoms with Gasteiger partial charge in [-0.2, -0.15) is 18.3 Å². The maximum atomic E-state index is 13.5. The molecule has 6 nitrogen and oxygen atoms in total. The van der Waals surface area contributed by atoms with Gasteiger partial charge in [-0.3, -0.25) is 19.2 Å². The second-order valence-electron chi connectivity index (χ2n) is 8.91. The summed E-state index contributed by atoms with van der Waals surface area (Å²) >= 11 is 13.0. The van der Waals surface area contributed by atoms with Gasteiger partial charge in [0, 0.05) is 23.5 Å². The Morgan fingerprint density at radius 2 is 1.78 bits per heavy atom. The number of carbonyl (C=O) groups excluding carboxylic acids is 2. The van der Waals surface area contributed by atoms with Crippen LogP contribution in [0, 0.1) is 0 Å². The van der Waals surface area contributed by atoms with E-state index < -0.39 is 11.7 Å². The number of imide groups is 1. The summed E-state index contributed by atoms with van der Waals surface area (Å²) < 4.78 is 42.0. The lowest BCUT2D eigenvalue weighted by Gasteiger charge is -2.18. The van der Waals surface area contributed by atoms with Crippen LogP contribution in [0.4, 0.5) is 18.0 Å². The average molecular weight is 569 g/mol. The van der Waals surface area contributed by atoms with Crippen LogP contribution in [0.1, 0.15) is 29.5 Å². The summed E-state index contributed by atoms with van der Waals surface area (Å²) in [6, 6.07) is 8.70. The molecule has 2 aromatic carbocycles. The molecule has 2 aliphatic heterocycles. The van der Waals surface area contributed by atoms with E-state index in [0.717, 1.165) is 43.8 Å². The standard InChI is InChI=1S/C25H21Cl2F3N4O2S/c26-17-5-4-16(19(13-17)25(28,29)30)14-34-20-6-3-15(11-18(20)22(27)31-34)12-21-23(35)33(24(36)37-21)10-9-32-7-1-2-8-32/h3-6,11-13H,1-2,7-10,14H2/b21-12-. The van der Waals surface area contributed by atoms with Crippen LogP contribution in [-0.2, 0) is 17.5 Å². The summed E-state index contributed by atoms with van der Waals surface area (Å²) in [5.41, 5.74) is 0.326. The van der Waals surface area contributed by atoms with E-state index in [1.807, 2.05) is 0 Å². The van der Waals surface area contributed by atoms with Crippen molar-refractivity contribution in [2.75, 3.05) is 26.2 Å². The topological polar surface area (TPSA) is 58.4 Å². The summed E-state index contributed by atoms with van der Waals surface area (Å²) in [5.74, 6) is -0.335. The highest BCUT2D eigenvalue weighted by molar-refractivity contribution is 8.18. The predicted molar refractivity (Wildman–Crippen MR) is 139 cm³/mol. The van der Waals surface area contributed by atoms with Crippen LogP contribution in [-0.4, -0.2) is 56.9 Å². The van der Waals surface area contributed by atoms with Gasteiger partial charge < -0.3 is 4.90 Å². The maximum absolute atomic E-state index is 13.5. The van der Waals surface area contributed by atoms with E-state index >= 15 is 0 Å². The largest absolute Gasteiger partial charge is 0.416 e. The number of nitrogens with zero attached hydrogens (tertiary/aromatic N) is 4. The SMILES string of the molecule is O=C1S/C(=C\c2ccc3c(c2)c(Cl)nn3Cc2ccc(Cl)cc2C(F)(F)F)C(=O)N1CCN1CCCC1. The Bertz CT molecular complexity index is 1420. The third kappa shape index (κ3) is 5.52. The number of halogens is 5. The maximum Gasteiger partial charge on any atom is 0.416 e. The van der Waals surface area contributed by atoms with Gasteiger partial charge >= 0.3 is 6.18 Å². The van der Waals surface area contributed by atoms with Crippen LogP contribution in [0.2, 0.25) is 10.2 Å². The minimum atomic E-state index is -4.57. The third-order valence-electron chi connectivity index (χ3n) is 6.44. The second kappa shape index (κ2) is 10.3. The Labute approximate surface area is 225 Å². The molecule has 5 rings (SSSR count). The highest BCUT2D eigenvalue weighted by Crippen LogP contribution is 2.36. The van der Waals surface area contributed by atoms with E-state index in [2.05, 4.69) is 10.00 Å². The Balaban J connectivity index is 1.38. The normalized spacial score (nSPS) is 18.2. The van der Waals surface area contributed by atoms with E-state index in [-0.39, 0.29) is 33.4 Å². The zero-order chi connectivity index (χ0) is 26.3. The van der Waals surface area contributed by atoms with E-state index in [0.29, 0.717) is 34.5 Å². The number of likely N-dealkylation sites (tertiary alicyclic amines) is 1. The van der Waals surface area contributed by atoms with Crippen LogP contribution >= 0.6 is 35.0 Å². The van der Waals surface area contributed by atoms with Gasteiger partial charge in [-0.05, 0) is 79.2 Å². The predicted octanol–water partition coefficient (Wildman–Crippen LogP) is 6.54. The van der Waals surface area contributed by atoms with Gasteiger partial charge in [0.05, 0.1) is 22.5 Å². The molecule has 0 unspecified atom stereocenters. The van der Waals surface area contributed by atoms with Crippen molar-refractivity contribution in [2.45, 2.75) is 25.6 Å². The molecular formula is C25H21Cl2F3N4O2S. The Morgan fingerprint density at radius 1 is 1.03 bits per heavy atom. The van der Waals surface area contributed by atoms with Crippen molar-refractivity contribution in [2.24, 2.45) is 0 Å². The number of benzene rings is 2. The highest BCUT2D eigenvalue weighted by atomic mass is 35.5. The zero-order valence-electron chi connectivity index (χ0n) is 19.4. The molecule has 2 fully saturated rings. The molecule has 0 N–H and O–H groups in total. The summed E-state index contributed by atoms with van der Waals surface area (Å²) in [7, 11) is 0. The highest BCUT2D eigenvalue weighted by Gasteiger charge is 2.35. The fraction of sp³-hybridized carbons (Fsp3) is 0.320. The molecule has 0 radical (unpaired) electrons. The van der Waals surface area contributed by atoms with Crippen LogP contribution < -0.4 is 0 Å². The van der Waals surface area contributed by atoms with Crippen molar-refractivity contribution in [3.8, 4) is 0 Å². The Hall–Kier alpha value is -2.53. The lowest BCUT2D eigenvalue weighted by Crippen LogP contribution is -2.36. The molecule has 1 aromatic heterocycles. The summed E-state index contributed by atoms with van der Waals surface area (Å²) in [6.45, 7) is 2.82. The number of fused-ring (bicyclic) bond motifs is 1. The molecule has 0 spiro atoms. The quantitative estimate of drug-likeness (QED) is 0.316. The van der Waals surface area contributed by atoms with Gasteiger partial charge in [0.15, 0.2) is 5.15 Å². The van der Waals surface area contributed by atoms with Crippen molar-refractivity contribution >= 4 is 63.1 Å². The van der Waals surface area contributed by atoms with Gasteiger partial charge in [-0.15, -0.1) is 0 Å². The van der Waals surface area contributed by atoms with Crippen LogP contribution in [0.25, 0.3) is 17.0 Å². The molecule has 0 aliphatic carbocycles. The number of carbonyl (C=O) groups is 2. The first-order valence-corrected chi connectivity index (χ1v) is 13.2. The van der Waals surface area contributed by atoms with E-state index in [1.54, 1.807) is 24.3 Å². The first kappa shape index (κ1) is 26.1. The number of thioether (sulfide) groups is 1. The summed E-state index contributed by atoms with van der Waals surface area (Å²) in [4.78, 5) is 29.1. The first-order valence-electron chi connectivity index (χ1n) is 11.6. The fourth-order valence-corrected chi connectivity index (χ4v) is 5.85. The number of alkyl halides is 3. The number of rotatable bonds is 6. The number of hydrogen-bond acceptors (Lipinski definition) is 5. The zero-order valence-corrected chi connectivity index (χ0v) is 21.7. The van der Waals surface area contributed by atoms with Crippen molar-refractivity contribution < 1.29 is 22.8 Å². The molecule has 37 heavy (non-hydrogen) atoms. The first-order chi connectivity index (χ1) is 17.6. The van der Waals surface area contributed by atoms with Crippen molar-refractivity contribution in [1.82, 2.24) is 19.6 Å². The number of hydrogen-bond donors (Lipinski definition) is 0. The van der Waals surface area contributed by atoms with Crippen molar-refractivity contribution in [1.29, 1.82) is 0 Å². The third-order valence-corrected chi connectivity index (χ3v) is 7.86. The molecule has 3 heterocycles. The van der Waals surface area contributed by atoms with Crippen LogP contribution in [0.5, 0.6) is 0 Å². The number of amides is 2. The number of aromatic nitrogens is 2. The van der Waals surface area contributed by atoms with Crippen LogP contribution in [0.15, 0.2) is 41.3 Å². The molecule has 12 heteroatoms. The molecule has 3 aromatic rings. The van der Waals surface area contributed by atoms with E-state index in [9.17, 15) is 22.8 Å². The minimum absolute atomic E-state index is 0.00430. The van der Waals surface area contributed by atoms with Gasteiger partial charge in [-0.25, -0.2) is 0 Å². The monoisotopic (exact) mass is 568 g/mol. The van der Waals surface area contributed by atoms with Crippen molar-refractivity contribution in [3.05, 3.63) is 68.2 Å². The Kier molecular flexibility index (Phi) is 7.28. The van der Waals surface area contributed by atoms with Crippen LogP contribution in [0.3, 0.4) is 0 Å². The lowest BCUT2D eigenvalue weighted by molar-refractivity contribution is -0.138. The minimum Gasteiger partial charge on any atom is -0.302 e. The fourth-order valence-electron chi connectivity index (χ4n) is 4.57. The van der Waals surface area contributed by atoms with Gasteiger partial charge in [-0.1, -0.05) is 35.3 Å². The van der Waals surface area contributed by atoms with Gasteiger partial charge in [0.2, 0.25) is 0 Å². The molecule has 0 saturated carbocycles. The van der Waals surface area contributed by atoms with Gasteiger partial charge in [0.1, 0.15) is 0 Å². The van der Waals surface area contributed by atoms with Gasteiger partial charge in [0.25, 0.3) is 11.1 Å². The smallest absolute Gasteiger partial charge is 0.302 e. The average Bonchev–Trinajstić information content (AvgIpc) is 3.53. The summed E-state index contributed by atoms with van der Waals surface area (Å²) in [5, 5.41) is 4.55. The molecule has 194 valence electrons. The molecule has 2 amide bonds. The van der Waals surface area contributed by atoms with E-state index in [4.69, 9.17) is 23.2 Å². The molecule has 0 atom stereocenters. The lowest BCUT2D eigenvalue weighted by atomic mass is 10.1. The summed E-state index contributed by atoms with van der Waals surface area (Å²) in [6.07, 6.45) is -0.689. The molecule has 0 bridgehead atoms. The van der Waals surface area contributed by atoms with E-state index in [1.165, 1.54) is 21.7 Å².